The van der Waals surface area contributed by atoms with Crippen molar-refractivity contribution in [1.29, 1.82) is 0 Å². The van der Waals surface area contributed by atoms with Crippen LogP contribution >= 0.6 is 0 Å². The molecule has 1 unspecified atom stereocenters. The van der Waals surface area contributed by atoms with Crippen LogP contribution in [0.1, 0.15) is 34.8 Å². The number of likely N-dealkylation sites (tertiary alicyclic amines) is 1. The number of amides is 1. The van der Waals surface area contributed by atoms with Gasteiger partial charge in [0.2, 0.25) is 0 Å². The maximum Gasteiger partial charge on any atom is 0.261 e. The average molecular weight is 480 g/mol. The number of hydrogen-bond acceptors (Lipinski definition) is 5. The summed E-state index contributed by atoms with van der Waals surface area (Å²) in [6.45, 7) is 2.42. The number of nitrogens with zero attached hydrogens (tertiary/aromatic N) is 1. The van der Waals surface area contributed by atoms with Crippen molar-refractivity contribution in [1.82, 2.24) is 10.2 Å². The van der Waals surface area contributed by atoms with Crippen molar-refractivity contribution in [3.05, 3.63) is 90.0 Å². The molecule has 0 spiro atoms. The standard InChI is InChI=1S/C26H29N3O4S/c1-33-23-11-7-8-21(18-23)25(29-16-5-6-17-29)19-27-26(30)20-12-14-24(15-13-20)34(31,32)28-22-9-3-2-4-10-22/h2-4,7-15,18,25,28H,5-6,16-17,19H2,1H3,(H,27,30). The number of carbonyl (C=O) groups is 1. The fourth-order valence-corrected chi connectivity index (χ4v) is 5.22. The maximum absolute atomic E-state index is 12.9. The first-order valence-electron chi connectivity index (χ1n) is 11.3. The first kappa shape index (κ1) is 23.8. The Kier molecular flexibility index (Phi) is 7.49. The Labute approximate surface area is 200 Å². The Morgan fingerprint density at radius 1 is 0.971 bits per heavy atom. The average Bonchev–Trinajstić information content (AvgIpc) is 3.39. The molecule has 1 aliphatic heterocycles. The molecule has 1 fully saturated rings. The van der Waals surface area contributed by atoms with Gasteiger partial charge in [-0.05, 0) is 80.0 Å². The molecule has 0 bridgehead atoms. The van der Waals surface area contributed by atoms with E-state index in [9.17, 15) is 13.2 Å². The van der Waals surface area contributed by atoms with Gasteiger partial charge >= 0.3 is 0 Å². The third-order valence-electron chi connectivity index (χ3n) is 5.97. The second kappa shape index (κ2) is 10.7. The van der Waals surface area contributed by atoms with Crippen LogP contribution < -0.4 is 14.8 Å². The zero-order valence-corrected chi connectivity index (χ0v) is 19.9. The van der Waals surface area contributed by atoms with Crippen LogP contribution in [0.4, 0.5) is 5.69 Å². The summed E-state index contributed by atoms with van der Waals surface area (Å²) in [5, 5.41) is 3.02. The molecule has 3 aromatic carbocycles. The van der Waals surface area contributed by atoms with Crippen molar-refractivity contribution >= 4 is 21.6 Å². The van der Waals surface area contributed by atoms with Gasteiger partial charge < -0.3 is 10.1 Å². The fourth-order valence-electron chi connectivity index (χ4n) is 4.16. The van der Waals surface area contributed by atoms with Gasteiger partial charge in [-0.15, -0.1) is 0 Å². The van der Waals surface area contributed by atoms with Crippen LogP contribution in [0.25, 0.3) is 0 Å². The van der Waals surface area contributed by atoms with Gasteiger partial charge in [-0.25, -0.2) is 8.42 Å². The Balaban J connectivity index is 1.44. The molecular weight excluding hydrogens is 450 g/mol. The normalized spacial score (nSPS) is 15.0. The first-order chi connectivity index (χ1) is 16.5. The molecule has 3 aromatic rings. The predicted molar refractivity (Wildman–Crippen MR) is 133 cm³/mol. The van der Waals surface area contributed by atoms with Gasteiger partial charge in [0.15, 0.2) is 0 Å². The lowest BCUT2D eigenvalue weighted by Gasteiger charge is -2.28. The fraction of sp³-hybridized carbons (Fsp3) is 0.269. The number of ether oxygens (including phenoxy) is 1. The number of carbonyl (C=O) groups excluding carboxylic acids is 1. The Hall–Kier alpha value is -3.36. The molecule has 1 amide bonds. The van der Waals surface area contributed by atoms with E-state index in [2.05, 4.69) is 21.0 Å². The summed E-state index contributed by atoms with van der Waals surface area (Å²) in [7, 11) is -2.09. The molecule has 4 rings (SSSR count). The summed E-state index contributed by atoms with van der Waals surface area (Å²) in [6.07, 6.45) is 2.28. The van der Waals surface area contributed by atoms with E-state index in [4.69, 9.17) is 4.74 Å². The van der Waals surface area contributed by atoms with Crippen molar-refractivity contribution in [2.75, 3.05) is 31.5 Å². The topological polar surface area (TPSA) is 87.7 Å². The summed E-state index contributed by atoms with van der Waals surface area (Å²) in [5.74, 6) is 0.543. The van der Waals surface area contributed by atoms with Crippen LogP contribution in [0.15, 0.2) is 83.8 Å². The number of anilines is 1. The number of rotatable bonds is 9. The Bertz CT molecular complexity index is 1210. The molecule has 0 aromatic heterocycles. The number of benzene rings is 3. The molecule has 0 radical (unpaired) electrons. The van der Waals surface area contributed by atoms with Gasteiger partial charge in [-0.1, -0.05) is 30.3 Å². The van der Waals surface area contributed by atoms with Crippen LogP contribution in [0.3, 0.4) is 0 Å². The Morgan fingerprint density at radius 3 is 2.35 bits per heavy atom. The van der Waals surface area contributed by atoms with Crippen LogP contribution in [-0.2, 0) is 10.0 Å². The van der Waals surface area contributed by atoms with Crippen molar-refractivity contribution in [3.8, 4) is 5.75 Å². The highest BCUT2D eigenvalue weighted by Gasteiger charge is 2.24. The minimum absolute atomic E-state index is 0.0382. The van der Waals surface area contributed by atoms with E-state index < -0.39 is 10.0 Å². The number of nitrogens with one attached hydrogen (secondary N) is 2. The second-order valence-corrected chi connectivity index (χ2v) is 9.92. The zero-order valence-electron chi connectivity index (χ0n) is 19.1. The largest absolute Gasteiger partial charge is 0.497 e. The lowest BCUT2D eigenvalue weighted by Crippen LogP contribution is -2.36. The lowest BCUT2D eigenvalue weighted by molar-refractivity contribution is 0.0938. The maximum atomic E-state index is 12.9. The molecule has 178 valence electrons. The van der Waals surface area contributed by atoms with E-state index >= 15 is 0 Å². The zero-order chi connectivity index (χ0) is 24.0. The quantitative estimate of drug-likeness (QED) is 0.483. The van der Waals surface area contributed by atoms with E-state index in [-0.39, 0.29) is 16.8 Å². The molecule has 0 aliphatic carbocycles. The SMILES string of the molecule is COc1cccc(C(CNC(=O)c2ccc(S(=O)(=O)Nc3ccccc3)cc2)N2CCCC2)c1. The van der Waals surface area contributed by atoms with E-state index in [1.54, 1.807) is 31.4 Å². The van der Waals surface area contributed by atoms with E-state index in [0.29, 0.717) is 17.8 Å². The van der Waals surface area contributed by atoms with Crippen molar-refractivity contribution in [3.63, 3.8) is 0 Å². The monoisotopic (exact) mass is 479 g/mol. The van der Waals surface area contributed by atoms with Gasteiger partial charge in [0.05, 0.1) is 18.0 Å². The minimum Gasteiger partial charge on any atom is -0.497 e. The molecule has 1 atom stereocenters. The van der Waals surface area contributed by atoms with Gasteiger partial charge in [0.1, 0.15) is 5.75 Å². The molecule has 1 heterocycles. The molecule has 8 heteroatoms. The van der Waals surface area contributed by atoms with Gasteiger partial charge in [-0.2, -0.15) is 0 Å². The third kappa shape index (κ3) is 5.76. The van der Waals surface area contributed by atoms with Crippen LogP contribution in [0, 0.1) is 0 Å². The smallest absolute Gasteiger partial charge is 0.261 e. The van der Waals surface area contributed by atoms with Crippen LogP contribution in [-0.4, -0.2) is 46.0 Å². The number of hydrogen-bond donors (Lipinski definition) is 2. The summed E-state index contributed by atoms with van der Waals surface area (Å²) >= 11 is 0. The molecule has 1 saturated heterocycles. The summed E-state index contributed by atoms with van der Waals surface area (Å²) < 4.78 is 33.2. The van der Waals surface area contributed by atoms with Crippen molar-refractivity contribution in [2.24, 2.45) is 0 Å². The number of para-hydroxylation sites is 1. The molecule has 2 N–H and O–H groups in total. The molecule has 1 aliphatic rings. The molecule has 34 heavy (non-hydrogen) atoms. The van der Waals surface area contributed by atoms with Gasteiger partial charge in [0, 0.05) is 17.8 Å². The molecule has 7 nitrogen and oxygen atoms in total. The highest BCUT2D eigenvalue weighted by atomic mass is 32.2. The van der Waals surface area contributed by atoms with Crippen LogP contribution in [0.2, 0.25) is 0 Å². The highest BCUT2D eigenvalue weighted by Crippen LogP contribution is 2.27. The van der Waals surface area contributed by atoms with Gasteiger partial charge in [-0.3, -0.25) is 14.4 Å². The number of methoxy groups -OCH3 is 1. The first-order valence-corrected chi connectivity index (χ1v) is 12.8. The van der Waals surface area contributed by atoms with Crippen molar-refractivity contribution < 1.29 is 17.9 Å². The highest BCUT2D eigenvalue weighted by molar-refractivity contribution is 7.92. The minimum atomic E-state index is -3.74. The summed E-state index contributed by atoms with van der Waals surface area (Å²) in [6, 6.07) is 22.6. The summed E-state index contributed by atoms with van der Waals surface area (Å²) in [5.41, 5.74) is 1.98. The Morgan fingerprint density at radius 2 is 1.68 bits per heavy atom. The van der Waals surface area contributed by atoms with E-state index in [1.165, 1.54) is 24.3 Å². The summed E-state index contributed by atoms with van der Waals surface area (Å²) in [4.78, 5) is 15.3. The molecular formula is C26H29N3O4S. The van der Waals surface area contributed by atoms with Crippen LogP contribution in [0.5, 0.6) is 5.75 Å². The molecule has 0 saturated carbocycles. The van der Waals surface area contributed by atoms with Crippen molar-refractivity contribution in [2.45, 2.75) is 23.8 Å². The second-order valence-electron chi connectivity index (χ2n) is 8.24. The number of sulfonamides is 1. The lowest BCUT2D eigenvalue weighted by atomic mass is 10.0. The van der Waals surface area contributed by atoms with E-state index in [1.807, 2.05) is 24.3 Å². The van der Waals surface area contributed by atoms with Gasteiger partial charge in [0.25, 0.3) is 15.9 Å². The third-order valence-corrected chi connectivity index (χ3v) is 7.37. The van der Waals surface area contributed by atoms with E-state index in [0.717, 1.165) is 37.2 Å². The predicted octanol–water partition coefficient (Wildman–Crippen LogP) is 4.06.